The van der Waals surface area contributed by atoms with Crippen LogP contribution >= 0.6 is 0 Å². The van der Waals surface area contributed by atoms with Crippen molar-refractivity contribution >= 4 is 0 Å². The Hall–Kier alpha value is -1.02. The first kappa shape index (κ1) is 13.9. The lowest BCUT2D eigenvalue weighted by molar-refractivity contribution is 0.0856. The Balaban J connectivity index is 2.07. The molecule has 3 rings (SSSR count). The minimum atomic E-state index is 0.406. The quantitative estimate of drug-likeness (QED) is 0.834. The number of piperidine rings is 1. The highest BCUT2D eigenvalue weighted by atomic mass is 16.5. The fourth-order valence-corrected chi connectivity index (χ4v) is 4.56. The average Bonchev–Trinajstić information content (AvgIpc) is 2.47. The van der Waals surface area contributed by atoms with Gasteiger partial charge in [0.2, 0.25) is 0 Å². The summed E-state index contributed by atoms with van der Waals surface area (Å²) in [6.45, 7) is 4.82. The second kappa shape index (κ2) is 5.40. The number of methoxy groups -OCH3 is 1. The molecule has 110 valence electrons. The van der Waals surface area contributed by atoms with Crippen LogP contribution in [0.15, 0.2) is 18.2 Å². The Bertz CT molecular complexity index is 484. The van der Waals surface area contributed by atoms with Gasteiger partial charge in [-0.1, -0.05) is 19.4 Å². The van der Waals surface area contributed by atoms with Crippen LogP contribution in [0.25, 0.3) is 0 Å². The van der Waals surface area contributed by atoms with Gasteiger partial charge in [-0.3, -0.25) is 0 Å². The second-order valence-electron chi connectivity index (χ2n) is 6.68. The molecule has 0 radical (unpaired) electrons. The van der Waals surface area contributed by atoms with Crippen LogP contribution in [0.5, 0.6) is 5.75 Å². The first-order chi connectivity index (χ1) is 9.69. The molecule has 1 saturated heterocycles. The predicted molar refractivity (Wildman–Crippen MR) is 83.5 cm³/mol. The number of hydrogen-bond donors (Lipinski definition) is 0. The highest BCUT2D eigenvalue weighted by Gasteiger charge is 2.45. The third-order valence-corrected chi connectivity index (χ3v) is 5.56. The zero-order valence-corrected chi connectivity index (χ0v) is 13.1. The van der Waals surface area contributed by atoms with Crippen molar-refractivity contribution in [2.24, 2.45) is 5.92 Å². The lowest BCUT2D eigenvalue weighted by Crippen LogP contribution is -2.51. The minimum absolute atomic E-state index is 0.406. The summed E-state index contributed by atoms with van der Waals surface area (Å²) < 4.78 is 5.49. The zero-order chi connectivity index (χ0) is 14.2. The van der Waals surface area contributed by atoms with E-state index in [9.17, 15) is 0 Å². The van der Waals surface area contributed by atoms with Gasteiger partial charge in [0, 0.05) is 12.0 Å². The van der Waals surface area contributed by atoms with Gasteiger partial charge in [0.1, 0.15) is 5.75 Å². The third-order valence-electron chi connectivity index (χ3n) is 5.56. The molecule has 2 aliphatic rings. The minimum Gasteiger partial charge on any atom is -0.497 e. The molecule has 0 aromatic heterocycles. The van der Waals surface area contributed by atoms with Crippen LogP contribution in [0, 0.1) is 5.92 Å². The standard InChI is InChI=1S/C18H27NO/c1-4-9-18-10-11-19(2)13-15(18)7-5-14-6-8-16(20-3)12-17(14)18/h6,8,12,15H,4-5,7,9-11,13H2,1-3H3. The smallest absolute Gasteiger partial charge is 0.119 e. The summed E-state index contributed by atoms with van der Waals surface area (Å²) in [5.41, 5.74) is 3.58. The molecule has 0 spiro atoms. The average molecular weight is 273 g/mol. The molecular weight excluding hydrogens is 246 g/mol. The number of nitrogens with zero attached hydrogens (tertiary/aromatic N) is 1. The van der Waals surface area contributed by atoms with Crippen LogP contribution < -0.4 is 4.74 Å². The third kappa shape index (κ3) is 2.14. The Morgan fingerprint density at radius 3 is 3.00 bits per heavy atom. The van der Waals surface area contributed by atoms with Crippen molar-refractivity contribution in [3.63, 3.8) is 0 Å². The van der Waals surface area contributed by atoms with E-state index in [1.54, 1.807) is 18.2 Å². The molecule has 2 unspecified atom stereocenters. The van der Waals surface area contributed by atoms with E-state index in [2.05, 4.69) is 37.1 Å². The number of fused-ring (bicyclic) bond motifs is 3. The summed E-state index contributed by atoms with van der Waals surface area (Å²) in [7, 11) is 4.06. The van der Waals surface area contributed by atoms with Gasteiger partial charge >= 0.3 is 0 Å². The first-order valence-electron chi connectivity index (χ1n) is 8.05. The molecule has 20 heavy (non-hydrogen) atoms. The number of benzene rings is 1. The Morgan fingerprint density at radius 1 is 1.40 bits per heavy atom. The molecule has 2 atom stereocenters. The largest absolute Gasteiger partial charge is 0.497 e. The van der Waals surface area contributed by atoms with E-state index >= 15 is 0 Å². The van der Waals surface area contributed by atoms with E-state index in [1.807, 2.05) is 0 Å². The Morgan fingerprint density at radius 2 is 2.25 bits per heavy atom. The van der Waals surface area contributed by atoms with Gasteiger partial charge in [0.05, 0.1) is 7.11 Å². The van der Waals surface area contributed by atoms with Crippen LogP contribution in [0.4, 0.5) is 0 Å². The highest BCUT2D eigenvalue weighted by molar-refractivity contribution is 5.43. The van der Waals surface area contributed by atoms with E-state index < -0.39 is 0 Å². The highest BCUT2D eigenvalue weighted by Crippen LogP contribution is 2.50. The number of rotatable bonds is 3. The fraction of sp³-hybridized carbons (Fsp3) is 0.667. The molecule has 2 heteroatoms. The van der Waals surface area contributed by atoms with Crippen molar-refractivity contribution in [2.75, 3.05) is 27.2 Å². The summed E-state index contributed by atoms with van der Waals surface area (Å²) in [5.74, 6) is 1.85. The number of aryl methyl sites for hydroxylation is 1. The van der Waals surface area contributed by atoms with Crippen molar-refractivity contribution in [1.82, 2.24) is 4.90 Å². The molecule has 1 aliphatic carbocycles. The monoisotopic (exact) mass is 273 g/mol. The van der Waals surface area contributed by atoms with Gasteiger partial charge in [0.25, 0.3) is 0 Å². The van der Waals surface area contributed by atoms with Gasteiger partial charge in [-0.2, -0.15) is 0 Å². The Labute approximate surface area is 123 Å². The maximum absolute atomic E-state index is 5.49. The predicted octanol–water partition coefficient (Wildman–Crippen LogP) is 3.63. The van der Waals surface area contributed by atoms with Crippen LogP contribution in [-0.4, -0.2) is 32.1 Å². The van der Waals surface area contributed by atoms with Gasteiger partial charge in [-0.05, 0) is 68.5 Å². The van der Waals surface area contributed by atoms with Crippen molar-refractivity contribution in [1.29, 1.82) is 0 Å². The molecular formula is C18H27NO. The van der Waals surface area contributed by atoms with Crippen LogP contribution in [0.3, 0.4) is 0 Å². The van der Waals surface area contributed by atoms with Crippen LogP contribution in [0.1, 0.15) is 43.7 Å². The number of hydrogen-bond acceptors (Lipinski definition) is 2. The molecule has 0 N–H and O–H groups in total. The van der Waals surface area contributed by atoms with Gasteiger partial charge in [-0.25, -0.2) is 0 Å². The lowest BCUT2D eigenvalue weighted by Gasteiger charge is -2.51. The Kier molecular flexibility index (Phi) is 3.76. The van der Waals surface area contributed by atoms with Gasteiger partial charge in [0.15, 0.2) is 0 Å². The van der Waals surface area contributed by atoms with Crippen molar-refractivity contribution in [3.05, 3.63) is 29.3 Å². The summed E-state index contributed by atoms with van der Waals surface area (Å²) in [6, 6.07) is 6.77. The SMILES string of the molecule is CCCC12CCN(C)CC1CCc1ccc(OC)cc12. The maximum Gasteiger partial charge on any atom is 0.119 e. The molecule has 1 fully saturated rings. The van der Waals surface area contributed by atoms with Crippen molar-refractivity contribution < 1.29 is 4.74 Å². The first-order valence-corrected chi connectivity index (χ1v) is 8.05. The number of likely N-dealkylation sites (tertiary alicyclic amines) is 1. The molecule has 0 amide bonds. The van der Waals surface area contributed by atoms with Gasteiger partial charge < -0.3 is 9.64 Å². The van der Waals surface area contributed by atoms with Crippen LogP contribution in [-0.2, 0) is 11.8 Å². The summed E-state index contributed by atoms with van der Waals surface area (Å²) in [4.78, 5) is 2.52. The molecule has 1 aromatic rings. The molecule has 2 nitrogen and oxygen atoms in total. The van der Waals surface area contributed by atoms with E-state index in [0.717, 1.165) is 11.7 Å². The normalized spacial score (nSPS) is 29.6. The van der Waals surface area contributed by atoms with Crippen LogP contribution in [0.2, 0.25) is 0 Å². The molecule has 1 heterocycles. The molecule has 1 aromatic carbocycles. The van der Waals surface area contributed by atoms with E-state index in [4.69, 9.17) is 4.74 Å². The van der Waals surface area contributed by atoms with E-state index in [-0.39, 0.29) is 0 Å². The zero-order valence-electron chi connectivity index (χ0n) is 13.1. The van der Waals surface area contributed by atoms with E-state index in [0.29, 0.717) is 5.41 Å². The van der Waals surface area contributed by atoms with Crippen molar-refractivity contribution in [2.45, 2.75) is 44.4 Å². The summed E-state index contributed by atoms with van der Waals surface area (Å²) in [6.07, 6.45) is 6.50. The summed E-state index contributed by atoms with van der Waals surface area (Å²) >= 11 is 0. The van der Waals surface area contributed by atoms with Crippen molar-refractivity contribution in [3.8, 4) is 5.75 Å². The fourth-order valence-electron chi connectivity index (χ4n) is 4.56. The number of ether oxygens (including phenoxy) is 1. The molecule has 0 bridgehead atoms. The molecule has 0 saturated carbocycles. The second-order valence-corrected chi connectivity index (χ2v) is 6.68. The maximum atomic E-state index is 5.49. The summed E-state index contributed by atoms with van der Waals surface area (Å²) in [5, 5.41) is 0. The molecule has 1 aliphatic heterocycles. The lowest BCUT2D eigenvalue weighted by atomic mass is 9.58. The van der Waals surface area contributed by atoms with E-state index in [1.165, 1.54) is 45.2 Å². The topological polar surface area (TPSA) is 12.5 Å². The van der Waals surface area contributed by atoms with Gasteiger partial charge in [-0.15, -0.1) is 0 Å².